The maximum absolute atomic E-state index is 11.7. The lowest BCUT2D eigenvalue weighted by atomic mass is 10.1. The van der Waals surface area contributed by atoms with E-state index in [2.05, 4.69) is 0 Å². The Morgan fingerprint density at radius 2 is 2.00 bits per heavy atom. The lowest BCUT2D eigenvalue weighted by Gasteiger charge is -2.03. The van der Waals surface area contributed by atoms with Gasteiger partial charge < -0.3 is 9.15 Å². The summed E-state index contributed by atoms with van der Waals surface area (Å²) in [5.41, 5.74) is 0.562. The van der Waals surface area contributed by atoms with Gasteiger partial charge in [-0.05, 0) is 35.9 Å². The van der Waals surface area contributed by atoms with Gasteiger partial charge in [-0.1, -0.05) is 12.1 Å². The summed E-state index contributed by atoms with van der Waals surface area (Å²) in [5, 5.41) is 17.4. The number of rotatable bonds is 3. The number of carbonyl (C=O) groups is 1. The summed E-state index contributed by atoms with van der Waals surface area (Å²) < 4.78 is 10.0. The van der Waals surface area contributed by atoms with Crippen molar-refractivity contribution >= 4 is 12.0 Å². The Morgan fingerprint density at radius 1 is 1.20 bits per heavy atom. The fourth-order valence-electron chi connectivity index (χ4n) is 1.48. The van der Waals surface area contributed by atoms with Crippen molar-refractivity contribution in [2.75, 3.05) is 0 Å². The molecule has 1 aromatic heterocycles. The van der Waals surface area contributed by atoms with Crippen LogP contribution in [0.15, 0.2) is 52.7 Å². The van der Waals surface area contributed by atoms with E-state index in [1.54, 1.807) is 42.5 Å². The third-order valence-corrected chi connectivity index (χ3v) is 2.34. The maximum Gasteiger partial charge on any atom is 0.379 e. The average molecular weight is 264 g/mol. The molecule has 0 saturated heterocycles. The molecule has 0 atom stereocenters. The molecule has 96 valence electrons. The highest BCUT2D eigenvalue weighted by Gasteiger charge is 2.11. The van der Waals surface area contributed by atoms with Crippen molar-refractivity contribution in [3.63, 3.8) is 0 Å². The Balaban J connectivity index is 2.19. The van der Waals surface area contributed by atoms with Crippen LogP contribution in [0.5, 0.6) is 5.75 Å². The van der Waals surface area contributed by atoms with E-state index < -0.39 is 5.97 Å². The molecule has 0 aliphatic heterocycles. The Morgan fingerprint density at radius 3 is 2.65 bits per heavy atom. The van der Waals surface area contributed by atoms with Gasteiger partial charge in [0.1, 0.15) is 23.5 Å². The lowest BCUT2D eigenvalue weighted by molar-refractivity contribution is 0.0701. The van der Waals surface area contributed by atoms with E-state index in [-0.39, 0.29) is 11.3 Å². The van der Waals surface area contributed by atoms with Crippen LogP contribution in [0.2, 0.25) is 0 Å². The molecule has 0 radical (unpaired) electrons. The van der Waals surface area contributed by atoms with Crippen LogP contribution in [0.1, 0.15) is 16.1 Å². The molecule has 0 fully saturated rings. The number of ether oxygens (including phenoxy) is 1. The van der Waals surface area contributed by atoms with Gasteiger partial charge in [-0.15, -0.1) is 0 Å². The van der Waals surface area contributed by atoms with Crippen LogP contribution in [-0.4, -0.2) is 5.97 Å². The second-order valence-corrected chi connectivity index (χ2v) is 3.72. The molecule has 0 aliphatic carbocycles. The number of furan rings is 1. The van der Waals surface area contributed by atoms with Gasteiger partial charge in [0.2, 0.25) is 5.76 Å². The molecule has 20 heavy (non-hydrogen) atoms. The zero-order chi connectivity index (χ0) is 14.4. The van der Waals surface area contributed by atoms with E-state index >= 15 is 0 Å². The maximum atomic E-state index is 11.7. The third-order valence-electron chi connectivity index (χ3n) is 2.34. The number of nitrogens with zero attached hydrogens (tertiary/aromatic N) is 2. The summed E-state index contributed by atoms with van der Waals surface area (Å²) in [6.45, 7) is 0. The molecule has 0 saturated carbocycles. The highest BCUT2D eigenvalue weighted by Crippen LogP contribution is 2.17. The molecule has 5 nitrogen and oxygen atoms in total. The topological polar surface area (TPSA) is 87.0 Å². The second-order valence-electron chi connectivity index (χ2n) is 3.72. The van der Waals surface area contributed by atoms with Crippen LogP contribution in [-0.2, 0) is 0 Å². The molecule has 0 bridgehead atoms. The SMILES string of the molecule is N#CC(C#N)=Cc1cccc(OC(=O)c2ccco2)c1. The van der Waals surface area contributed by atoms with Crippen LogP contribution in [0.3, 0.4) is 0 Å². The Kier molecular flexibility index (Phi) is 3.96. The number of hydrogen-bond donors (Lipinski definition) is 0. The first-order chi connectivity index (χ1) is 9.72. The van der Waals surface area contributed by atoms with Gasteiger partial charge in [0, 0.05) is 0 Å². The molecular formula is C15H8N2O3. The van der Waals surface area contributed by atoms with Crippen LogP contribution in [0.4, 0.5) is 0 Å². The van der Waals surface area contributed by atoms with Crippen LogP contribution in [0, 0.1) is 22.7 Å². The predicted molar refractivity (Wildman–Crippen MR) is 69.3 cm³/mol. The standard InChI is InChI=1S/C15H8N2O3/c16-9-12(10-17)7-11-3-1-4-13(8-11)20-15(18)14-5-2-6-19-14/h1-8H. The van der Waals surface area contributed by atoms with Crippen molar-refractivity contribution in [1.29, 1.82) is 10.5 Å². The summed E-state index contributed by atoms with van der Waals surface area (Å²) in [6, 6.07) is 13.1. The Hall–Kier alpha value is -3.31. The number of hydrogen-bond acceptors (Lipinski definition) is 5. The van der Waals surface area contributed by atoms with E-state index in [1.807, 2.05) is 0 Å². The lowest BCUT2D eigenvalue weighted by Crippen LogP contribution is -2.07. The smallest absolute Gasteiger partial charge is 0.379 e. The van der Waals surface area contributed by atoms with Gasteiger partial charge in [-0.3, -0.25) is 0 Å². The molecule has 2 aromatic rings. The zero-order valence-corrected chi connectivity index (χ0v) is 10.2. The molecule has 0 unspecified atom stereocenters. The number of allylic oxidation sites excluding steroid dienone is 1. The number of nitriles is 2. The number of carbonyl (C=O) groups excluding carboxylic acids is 1. The van der Waals surface area contributed by atoms with Crippen molar-refractivity contribution in [2.45, 2.75) is 0 Å². The van der Waals surface area contributed by atoms with Gasteiger partial charge in [0.15, 0.2) is 0 Å². The summed E-state index contributed by atoms with van der Waals surface area (Å²) in [7, 11) is 0. The first-order valence-corrected chi connectivity index (χ1v) is 5.60. The number of benzene rings is 1. The molecule has 1 heterocycles. The van der Waals surface area contributed by atoms with Gasteiger partial charge in [-0.2, -0.15) is 10.5 Å². The fourth-order valence-corrected chi connectivity index (χ4v) is 1.48. The normalized spacial score (nSPS) is 9.10. The van der Waals surface area contributed by atoms with E-state index in [1.165, 1.54) is 18.4 Å². The summed E-state index contributed by atoms with van der Waals surface area (Å²) in [5.74, 6) is -0.215. The van der Waals surface area contributed by atoms with E-state index in [0.717, 1.165) is 0 Å². The van der Waals surface area contributed by atoms with Gasteiger partial charge in [0.05, 0.1) is 6.26 Å². The van der Waals surface area contributed by atoms with Gasteiger partial charge in [-0.25, -0.2) is 4.79 Å². The quantitative estimate of drug-likeness (QED) is 0.483. The molecule has 1 aromatic carbocycles. The largest absolute Gasteiger partial charge is 0.457 e. The first-order valence-electron chi connectivity index (χ1n) is 5.60. The molecule has 0 spiro atoms. The summed E-state index contributed by atoms with van der Waals surface area (Å²) >= 11 is 0. The van der Waals surface area contributed by atoms with E-state index in [4.69, 9.17) is 19.7 Å². The highest BCUT2D eigenvalue weighted by atomic mass is 16.5. The van der Waals surface area contributed by atoms with Crippen molar-refractivity contribution in [3.8, 4) is 17.9 Å². The first kappa shape index (κ1) is 13.1. The zero-order valence-electron chi connectivity index (χ0n) is 10.2. The summed E-state index contributed by atoms with van der Waals surface area (Å²) in [4.78, 5) is 11.7. The average Bonchev–Trinajstić information content (AvgIpc) is 2.99. The highest BCUT2D eigenvalue weighted by molar-refractivity contribution is 5.88. The Labute approximate surface area is 114 Å². The van der Waals surface area contributed by atoms with Crippen molar-refractivity contribution in [3.05, 3.63) is 59.6 Å². The molecule has 0 amide bonds. The van der Waals surface area contributed by atoms with Gasteiger partial charge >= 0.3 is 5.97 Å². The predicted octanol–water partition coefficient (Wildman–Crippen LogP) is 2.93. The van der Waals surface area contributed by atoms with Crippen molar-refractivity contribution < 1.29 is 13.9 Å². The molecule has 5 heteroatoms. The van der Waals surface area contributed by atoms with E-state index in [0.29, 0.717) is 11.3 Å². The van der Waals surface area contributed by atoms with Crippen LogP contribution in [0.25, 0.3) is 6.08 Å². The fraction of sp³-hybridized carbons (Fsp3) is 0. The van der Waals surface area contributed by atoms with E-state index in [9.17, 15) is 4.79 Å². The Bertz CT molecular complexity index is 715. The minimum atomic E-state index is -0.614. The van der Waals surface area contributed by atoms with Crippen molar-refractivity contribution in [1.82, 2.24) is 0 Å². The minimum Gasteiger partial charge on any atom is -0.457 e. The monoisotopic (exact) mass is 264 g/mol. The summed E-state index contributed by atoms with van der Waals surface area (Å²) in [6.07, 6.45) is 2.78. The third kappa shape index (κ3) is 3.12. The minimum absolute atomic E-state index is 0.0282. The molecule has 0 N–H and O–H groups in total. The van der Waals surface area contributed by atoms with Gasteiger partial charge in [0.25, 0.3) is 0 Å². The number of esters is 1. The van der Waals surface area contributed by atoms with Crippen molar-refractivity contribution in [2.24, 2.45) is 0 Å². The second kappa shape index (κ2) is 6.03. The molecule has 2 rings (SSSR count). The molecule has 0 aliphatic rings. The van der Waals surface area contributed by atoms with Crippen LogP contribution >= 0.6 is 0 Å². The van der Waals surface area contributed by atoms with Crippen LogP contribution < -0.4 is 4.74 Å². The molecular weight excluding hydrogens is 256 g/mol.